The van der Waals surface area contributed by atoms with E-state index in [2.05, 4.69) is 18.9 Å². The molecule has 0 aromatic rings. The molecule has 0 aliphatic carbocycles. The number of nitrogens with zero attached hydrogens (tertiary/aromatic N) is 1. The molecule has 1 aliphatic heterocycles. The minimum Gasteiger partial charge on any atom is -0.384 e. The van der Waals surface area contributed by atoms with E-state index in [1.165, 1.54) is 13.0 Å². The lowest BCUT2D eigenvalue weighted by molar-refractivity contribution is 0.155. The smallest absolute Gasteiger partial charge is 0.0503 e. The molecule has 1 rings (SSSR count). The maximum absolute atomic E-state index is 5.10. The van der Waals surface area contributed by atoms with E-state index < -0.39 is 0 Å². The van der Waals surface area contributed by atoms with Crippen molar-refractivity contribution in [3.63, 3.8) is 0 Å². The fourth-order valence-corrected chi connectivity index (χ4v) is 1.68. The minimum absolute atomic E-state index is 0.750. The Labute approximate surface area is 63.2 Å². The highest BCUT2D eigenvalue weighted by Gasteiger charge is 2.25. The quantitative estimate of drug-likeness (QED) is 0.571. The molecule has 0 radical (unpaired) electrons. The molecule has 0 spiro atoms. The lowest BCUT2D eigenvalue weighted by atomic mass is 10.1. The van der Waals surface area contributed by atoms with E-state index in [1.54, 1.807) is 7.11 Å². The number of likely N-dealkylation sites (tertiary alicyclic amines) is 1. The van der Waals surface area contributed by atoms with E-state index in [0.29, 0.717) is 0 Å². The van der Waals surface area contributed by atoms with E-state index in [0.717, 1.165) is 18.6 Å². The number of hydrogen-bond donors (Lipinski definition) is 0. The molecule has 10 heavy (non-hydrogen) atoms. The number of ether oxygens (including phenoxy) is 1. The van der Waals surface area contributed by atoms with Gasteiger partial charge in [0.25, 0.3) is 0 Å². The molecular formula is C8H17NO. The molecule has 60 valence electrons. The van der Waals surface area contributed by atoms with Crippen LogP contribution in [0.15, 0.2) is 0 Å². The number of methoxy groups -OCH3 is 1. The summed E-state index contributed by atoms with van der Waals surface area (Å²) in [5.74, 6) is 0.769. The molecule has 2 atom stereocenters. The predicted octanol–water partition coefficient (Wildman–Crippen LogP) is 0.973. The van der Waals surface area contributed by atoms with E-state index in [1.807, 2.05) is 0 Å². The second kappa shape index (κ2) is 3.35. The van der Waals surface area contributed by atoms with E-state index in [9.17, 15) is 0 Å². The zero-order chi connectivity index (χ0) is 7.56. The van der Waals surface area contributed by atoms with Gasteiger partial charge in [-0.1, -0.05) is 0 Å². The molecule has 2 nitrogen and oxygen atoms in total. The van der Waals surface area contributed by atoms with Crippen molar-refractivity contribution in [2.24, 2.45) is 5.92 Å². The monoisotopic (exact) mass is 143 g/mol. The summed E-state index contributed by atoms with van der Waals surface area (Å²) in [4.78, 5) is 2.39. The van der Waals surface area contributed by atoms with E-state index in [4.69, 9.17) is 4.74 Å². The van der Waals surface area contributed by atoms with Crippen LogP contribution in [0.1, 0.15) is 13.3 Å². The molecule has 1 heterocycles. The molecule has 0 N–H and O–H groups in total. The van der Waals surface area contributed by atoms with Crippen LogP contribution in [0.5, 0.6) is 0 Å². The molecular weight excluding hydrogens is 126 g/mol. The summed E-state index contributed by atoms with van der Waals surface area (Å²) >= 11 is 0. The third kappa shape index (κ3) is 1.70. The molecule has 1 saturated heterocycles. The molecule has 0 aromatic heterocycles. The van der Waals surface area contributed by atoms with Crippen molar-refractivity contribution in [1.29, 1.82) is 0 Å². The zero-order valence-electron chi connectivity index (χ0n) is 7.13. The van der Waals surface area contributed by atoms with Crippen molar-refractivity contribution < 1.29 is 4.74 Å². The van der Waals surface area contributed by atoms with Gasteiger partial charge >= 0.3 is 0 Å². The Kier molecular flexibility index (Phi) is 2.69. The Morgan fingerprint density at radius 2 is 2.30 bits per heavy atom. The Hall–Kier alpha value is -0.0800. The maximum atomic E-state index is 5.10. The standard InChI is InChI=1S/C8H17NO/c1-7-4-8(6-10-3)5-9(7)2/h7-8H,4-6H2,1-3H3/t7-,8-/m1/s1. The largest absolute Gasteiger partial charge is 0.384 e. The number of hydrogen-bond acceptors (Lipinski definition) is 2. The molecule has 0 aromatic carbocycles. The summed E-state index contributed by atoms with van der Waals surface area (Å²) in [7, 11) is 3.96. The molecule has 0 saturated carbocycles. The lowest BCUT2D eigenvalue weighted by Gasteiger charge is -2.12. The SMILES string of the molecule is COC[C@@H]1C[C@@H](C)N(C)C1. The minimum atomic E-state index is 0.750. The first-order valence-electron chi connectivity index (χ1n) is 3.93. The Morgan fingerprint density at radius 3 is 2.70 bits per heavy atom. The van der Waals surface area contributed by atoms with Gasteiger partial charge < -0.3 is 9.64 Å². The first-order chi connectivity index (χ1) is 4.74. The van der Waals surface area contributed by atoms with Crippen LogP contribution in [0.25, 0.3) is 0 Å². The van der Waals surface area contributed by atoms with Crippen LogP contribution in [0.4, 0.5) is 0 Å². The van der Waals surface area contributed by atoms with Crippen LogP contribution < -0.4 is 0 Å². The van der Waals surface area contributed by atoms with Gasteiger partial charge in [-0.2, -0.15) is 0 Å². The van der Waals surface area contributed by atoms with Crippen LogP contribution in [-0.4, -0.2) is 38.3 Å². The Balaban J connectivity index is 2.27. The van der Waals surface area contributed by atoms with Crippen molar-refractivity contribution in [1.82, 2.24) is 4.90 Å². The first-order valence-corrected chi connectivity index (χ1v) is 3.93. The molecule has 0 amide bonds. The van der Waals surface area contributed by atoms with Crippen LogP contribution >= 0.6 is 0 Å². The summed E-state index contributed by atoms with van der Waals surface area (Å²) in [5.41, 5.74) is 0. The van der Waals surface area contributed by atoms with Gasteiger partial charge in [0.1, 0.15) is 0 Å². The molecule has 1 aliphatic rings. The van der Waals surface area contributed by atoms with Gasteiger partial charge in [0.05, 0.1) is 6.61 Å². The molecule has 1 fully saturated rings. The highest BCUT2D eigenvalue weighted by molar-refractivity contribution is 4.79. The molecule has 2 heteroatoms. The van der Waals surface area contributed by atoms with Crippen LogP contribution in [0.3, 0.4) is 0 Å². The molecule has 0 unspecified atom stereocenters. The average molecular weight is 143 g/mol. The Morgan fingerprint density at radius 1 is 1.60 bits per heavy atom. The summed E-state index contributed by atoms with van der Waals surface area (Å²) < 4.78 is 5.10. The van der Waals surface area contributed by atoms with Crippen molar-refractivity contribution >= 4 is 0 Å². The van der Waals surface area contributed by atoms with E-state index >= 15 is 0 Å². The fraction of sp³-hybridized carbons (Fsp3) is 1.00. The number of rotatable bonds is 2. The summed E-state index contributed by atoms with van der Waals surface area (Å²) in [6, 6.07) is 0.750. The van der Waals surface area contributed by atoms with Gasteiger partial charge in [-0.25, -0.2) is 0 Å². The van der Waals surface area contributed by atoms with Crippen molar-refractivity contribution in [2.75, 3.05) is 27.3 Å². The van der Waals surface area contributed by atoms with Crippen molar-refractivity contribution in [2.45, 2.75) is 19.4 Å². The predicted molar refractivity (Wildman–Crippen MR) is 42.1 cm³/mol. The second-order valence-electron chi connectivity index (χ2n) is 3.35. The van der Waals surface area contributed by atoms with Gasteiger partial charge in [-0.05, 0) is 26.3 Å². The van der Waals surface area contributed by atoms with Crippen molar-refractivity contribution in [3.8, 4) is 0 Å². The topological polar surface area (TPSA) is 12.5 Å². The van der Waals surface area contributed by atoms with Crippen molar-refractivity contribution in [3.05, 3.63) is 0 Å². The summed E-state index contributed by atoms with van der Waals surface area (Å²) in [5, 5.41) is 0. The van der Waals surface area contributed by atoms with Crippen LogP contribution in [0.2, 0.25) is 0 Å². The summed E-state index contributed by atoms with van der Waals surface area (Å²) in [6.45, 7) is 4.40. The van der Waals surface area contributed by atoms with Crippen LogP contribution in [0, 0.1) is 5.92 Å². The second-order valence-corrected chi connectivity index (χ2v) is 3.35. The third-order valence-corrected chi connectivity index (χ3v) is 2.38. The zero-order valence-corrected chi connectivity index (χ0v) is 7.13. The van der Waals surface area contributed by atoms with Gasteiger partial charge in [-0.3, -0.25) is 0 Å². The van der Waals surface area contributed by atoms with Gasteiger partial charge in [0.2, 0.25) is 0 Å². The maximum Gasteiger partial charge on any atom is 0.0503 e. The van der Waals surface area contributed by atoms with Crippen LogP contribution in [-0.2, 0) is 4.74 Å². The average Bonchev–Trinajstić information content (AvgIpc) is 2.14. The highest BCUT2D eigenvalue weighted by Crippen LogP contribution is 2.20. The Bertz CT molecular complexity index is 95.4. The third-order valence-electron chi connectivity index (χ3n) is 2.38. The van der Waals surface area contributed by atoms with Gasteiger partial charge in [-0.15, -0.1) is 0 Å². The van der Waals surface area contributed by atoms with Gasteiger partial charge in [0.15, 0.2) is 0 Å². The highest BCUT2D eigenvalue weighted by atomic mass is 16.5. The molecule has 0 bridgehead atoms. The van der Waals surface area contributed by atoms with E-state index in [-0.39, 0.29) is 0 Å². The fourth-order valence-electron chi connectivity index (χ4n) is 1.68. The lowest BCUT2D eigenvalue weighted by Crippen LogP contribution is -2.21. The van der Waals surface area contributed by atoms with Gasteiger partial charge in [0, 0.05) is 19.7 Å². The first kappa shape index (κ1) is 8.02. The summed E-state index contributed by atoms with van der Waals surface area (Å²) in [6.07, 6.45) is 1.30. The normalized spacial score (nSPS) is 35.1.